The molecule has 33 heavy (non-hydrogen) atoms. The molecule has 2 heterocycles. The van der Waals surface area contributed by atoms with E-state index in [2.05, 4.69) is 45.1 Å². The van der Waals surface area contributed by atoms with Crippen LogP contribution in [0.25, 0.3) is 0 Å². The van der Waals surface area contributed by atoms with E-state index in [1.807, 2.05) is 35.2 Å². The molecule has 0 saturated carbocycles. The maximum atomic E-state index is 12.4. The molecule has 2 aromatic rings. The highest BCUT2D eigenvalue weighted by Crippen LogP contribution is 2.23. The van der Waals surface area contributed by atoms with E-state index < -0.39 is 0 Å². The van der Waals surface area contributed by atoms with E-state index in [-0.39, 0.29) is 11.9 Å². The van der Waals surface area contributed by atoms with E-state index in [1.165, 1.54) is 5.56 Å². The molecule has 7 nitrogen and oxygen atoms in total. The van der Waals surface area contributed by atoms with Gasteiger partial charge in [-0.15, -0.1) is 0 Å². The number of nitrogens with one attached hydrogen (secondary N) is 3. The van der Waals surface area contributed by atoms with Crippen molar-refractivity contribution in [1.29, 1.82) is 0 Å². The summed E-state index contributed by atoms with van der Waals surface area (Å²) in [6, 6.07) is 19.0. The first-order valence-electron chi connectivity index (χ1n) is 12.1. The number of anilines is 2. The zero-order valence-corrected chi connectivity index (χ0v) is 19.3. The first-order valence-corrected chi connectivity index (χ1v) is 12.1. The van der Waals surface area contributed by atoms with Crippen molar-refractivity contribution in [1.82, 2.24) is 15.5 Å². The van der Waals surface area contributed by atoms with E-state index in [9.17, 15) is 9.59 Å². The van der Waals surface area contributed by atoms with Crippen LogP contribution in [0.5, 0.6) is 0 Å². The van der Waals surface area contributed by atoms with Crippen LogP contribution in [0.1, 0.15) is 31.2 Å². The maximum absolute atomic E-state index is 12.4. The lowest BCUT2D eigenvalue weighted by atomic mass is 10.0. The van der Waals surface area contributed by atoms with Crippen LogP contribution in [-0.4, -0.2) is 62.1 Å². The van der Waals surface area contributed by atoms with Crippen LogP contribution in [-0.2, 0) is 11.2 Å². The second-order valence-electron chi connectivity index (χ2n) is 8.87. The Hall–Kier alpha value is -3.06. The molecule has 2 fully saturated rings. The molecule has 0 unspecified atom stereocenters. The van der Waals surface area contributed by atoms with E-state index in [1.54, 1.807) is 0 Å². The number of carbonyl (C=O) groups is 2. The van der Waals surface area contributed by atoms with Crippen LogP contribution in [0.4, 0.5) is 16.2 Å². The van der Waals surface area contributed by atoms with Crippen LogP contribution >= 0.6 is 0 Å². The van der Waals surface area contributed by atoms with E-state index in [4.69, 9.17) is 0 Å². The van der Waals surface area contributed by atoms with Crippen LogP contribution in [0.15, 0.2) is 54.6 Å². The number of rotatable bonds is 10. The highest BCUT2D eigenvalue weighted by atomic mass is 16.2. The first kappa shape index (κ1) is 23.1. The highest BCUT2D eigenvalue weighted by Gasteiger charge is 2.21. The van der Waals surface area contributed by atoms with Gasteiger partial charge in [-0.2, -0.15) is 0 Å². The fourth-order valence-corrected chi connectivity index (χ4v) is 4.57. The molecule has 2 saturated heterocycles. The molecule has 0 atom stereocenters. The minimum Gasteiger partial charge on any atom is -0.371 e. The number of piperidine rings is 1. The van der Waals surface area contributed by atoms with Crippen molar-refractivity contribution in [3.8, 4) is 0 Å². The Morgan fingerprint density at radius 2 is 1.85 bits per heavy atom. The molecule has 2 aromatic carbocycles. The van der Waals surface area contributed by atoms with E-state index in [0.29, 0.717) is 12.5 Å². The topological polar surface area (TPSA) is 76.7 Å². The third kappa shape index (κ3) is 6.96. The van der Waals surface area contributed by atoms with Gasteiger partial charge in [0.25, 0.3) is 0 Å². The average molecular weight is 450 g/mol. The number of aryl methyl sites for hydroxylation is 1. The van der Waals surface area contributed by atoms with Crippen molar-refractivity contribution < 1.29 is 9.59 Å². The fraction of sp³-hybridized carbons (Fsp3) is 0.462. The predicted octanol–water partition coefficient (Wildman–Crippen LogP) is 3.23. The van der Waals surface area contributed by atoms with Crippen molar-refractivity contribution in [3.05, 3.63) is 60.2 Å². The SMILES string of the molecule is O=C(CCCc1ccccc1)Nc1cccc(N2CCC(NCCN3CCNC3=O)CC2)c1. The Kier molecular flexibility index (Phi) is 8.19. The summed E-state index contributed by atoms with van der Waals surface area (Å²) in [5.74, 6) is 0.0673. The Morgan fingerprint density at radius 3 is 2.61 bits per heavy atom. The number of amides is 3. The zero-order valence-electron chi connectivity index (χ0n) is 19.3. The molecule has 0 bridgehead atoms. The maximum Gasteiger partial charge on any atom is 0.317 e. The van der Waals surface area contributed by atoms with Crippen LogP contribution in [0.3, 0.4) is 0 Å². The van der Waals surface area contributed by atoms with E-state index in [0.717, 1.165) is 76.3 Å². The van der Waals surface area contributed by atoms with Gasteiger partial charge in [-0.25, -0.2) is 4.79 Å². The van der Waals surface area contributed by atoms with Crippen LogP contribution in [0.2, 0.25) is 0 Å². The summed E-state index contributed by atoms with van der Waals surface area (Å²) >= 11 is 0. The molecular weight excluding hydrogens is 414 g/mol. The summed E-state index contributed by atoms with van der Waals surface area (Å²) in [6.07, 6.45) is 4.43. The standard InChI is InChI=1S/C26H35N5O2/c32-25(11-4-8-21-6-2-1-3-7-21)29-23-9-5-10-24(20-23)30-16-12-22(13-17-30)27-14-18-31-19-15-28-26(31)33/h1-3,5-7,9-10,20,22,27H,4,8,11-19H2,(H,28,33)(H,29,32). The minimum absolute atomic E-state index is 0.0507. The molecule has 176 valence electrons. The Morgan fingerprint density at radius 1 is 1.03 bits per heavy atom. The molecule has 4 rings (SSSR count). The van der Waals surface area contributed by atoms with Crippen molar-refractivity contribution in [2.45, 2.75) is 38.1 Å². The smallest absolute Gasteiger partial charge is 0.317 e. The Balaban J connectivity index is 1.17. The molecule has 2 aliphatic heterocycles. The van der Waals surface area contributed by atoms with Gasteiger partial charge in [0.2, 0.25) is 5.91 Å². The molecule has 3 N–H and O–H groups in total. The van der Waals surface area contributed by atoms with Crippen molar-refractivity contribution in [2.75, 3.05) is 49.5 Å². The van der Waals surface area contributed by atoms with Crippen LogP contribution in [0, 0.1) is 0 Å². The second kappa shape index (κ2) is 11.7. The van der Waals surface area contributed by atoms with Crippen molar-refractivity contribution in [3.63, 3.8) is 0 Å². The van der Waals surface area contributed by atoms with Gasteiger partial charge >= 0.3 is 6.03 Å². The zero-order chi connectivity index (χ0) is 22.9. The lowest BCUT2D eigenvalue weighted by Crippen LogP contribution is -2.45. The molecule has 2 aliphatic rings. The van der Waals surface area contributed by atoms with Gasteiger partial charge in [-0.3, -0.25) is 4.79 Å². The largest absolute Gasteiger partial charge is 0.371 e. The van der Waals surface area contributed by atoms with Gasteiger partial charge in [-0.1, -0.05) is 36.4 Å². The minimum atomic E-state index is 0.0507. The van der Waals surface area contributed by atoms with Gasteiger partial charge in [0.05, 0.1) is 0 Å². The number of benzene rings is 2. The van der Waals surface area contributed by atoms with Gasteiger partial charge in [0, 0.05) is 63.1 Å². The Bertz CT molecular complexity index is 912. The third-order valence-electron chi connectivity index (χ3n) is 6.46. The molecule has 0 spiro atoms. The lowest BCUT2D eigenvalue weighted by molar-refractivity contribution is -0.116. The van der Waals surface area contributed by atoms with Gasteiger partial charge in [0.15, 0.2) is 0 Å². The molecule has 0 aromatic heterocycles. The monoisotopic (exact) mass is 449 g/mol. The van der Waals surface area contributed by atoms with Gasteiger partial charge in [0.1, 0.15) is 0 Å². The average Bonchev–Trinajstić information content (AvgIpc) is 3.25. The quantitative estimate of drug-likeness (QED) is 0.521. The summed E-state index contributed by atoms with van der Waals surface area (Å²) in [7, 11) is 0. The summed E-state index contributed by atoms with van der Waals surface area (Å²) in [5.41, 5.74) is 3.29. The van der Waals surface area contributed by atoms with Gasteiger partial charge in [-0.05, 0) is 49.4 Å². The van der Waals surface area contributed by atoms with E-state index >= 15 is 0 Å². The normalized spacial score (nSPS) is 16.7. The number of hydrogen-bond donors (Lipinski definition) is 3. The summed E-state index contributed by atoms with van der Waals surface area (Å²) in [5, 5.41) is 9.51. The fourth-order valence-electron chi connectivity index (χ4n) is 4.57. The van der Waals surface area contributed by atoms with Crippen molar-refractivity contribution >= 4 is 23.3 Å². The first-order chi connectivity index (χ1) is 16.2. The van der Waals surface area contributed by atoms with Crippen molar-refractivity contribution in [2.24, 2.45) is 0 Å². The molecular formula is C26H35N5O2. The second-order valence-corrected chi connectivity index (χ2v) is 8.87. The third-order valence-corrected chi connectivity index (χ3v) is 6.46. The summed E-state index contributed by atoms with van der Waals surface area (Å²) in [4.78, 5) is 28.3. The Labute approximate surface area is 196 Å². The number of hydrogen-bond acceptors (Lipinski definition) is 4. The van der Waals surface area contributed by atoms with Crippen LogP contribution < -0.4 is 20.9 Å². The number of carbonyl (C=O) groups excluding carboxylic acids is 2. The predicted molar refractivity (Wildman–Crippen MR) is 133 cm³/mol. The molecule has 0 aliphatic carbocycles. The molecule has 7 heteroatoms. The lowest BCUT2D eigenvalue weighted by Gasteiger charge is -2.34. The summed E-state index contributed by atoms with van der Waals surface area (Å²) < 4.78 is 0. The highest BCUT2D eigenvalue weighted by molar-refractivity contribution is 5.91. The summed E-state index contributed by atoms with van der Waals surface area (Å²) in [6.45, 7) is 5.12. The number of nitrogens with zero attached hydrogens (tertiary/aromatic N) is 2. The molecule has 3 amide bonds. The number of urea groups is 1. The molecule has 0 radical (unpaired) electrons. The van der Waals surface area contributed by atoms with Gasteiger partial charge < -0.3 is 25.8 Å².